The lowest BCUT2D eigenvalue weighted by Gasteiger charge is -2.30. The molecule has 0 aliphatic rings. The van der Waals surface area contributed by atoms with E-state index in [0.29, 0.717) is 23.9 Å². The number of allylic oxidation sites excluding steroid dienone is 6. The Hall–Kier alpha value is -1.28. The second kappa shape index (κ2) is 53.5. The summed E-state index contributed by atoms with van der Waals surface area (Å²) in [6, 6.07) is -0.807. The van der Waals surface area contributed by atoms with E-state index in [2.05, 4.69) is 55.6 Å². The summed E-state index contributed by atoms with van der Waals surface area (Å²) in [4.78, 5) is 25.5. The molecule has 9 heteroatoms. The minimum Gasteiger partial charge on any atom is -0.756 e. The SMILES string of the molecule is CC/C=C\C/C=C\C/C=C\CCCCCCCCCC(=O)NC(COP(=O)([O-])OCC[N+](C)(C)C)C(O)CCCCCCCCCCCCCCCCCCCCCCCCCCCCCCCCCC. The molecule has 0 radical (unpaired) electrons. The van der Waals surface area contributed by atoms with Crippen molar-refractivity contribution in [3.8, 4) is 0 Å². The zero-order valence-corrected chi connectivity index (χ0v) is 48.8. The van der Waals surface area contributed by atoms with Crippen LogP contribution in [0, 0.1) is 0 Å². The van der Waals surface area contributed by atoms with Gasteiger partial charge < -0.3 is 28.8 Å². The fourth-order valence-corrected chi connectivity index (χ4v) is 10.1. The largest absolute Gasteiger partial charge is 0.756 e. The maximum atomic E-state index is 13.0. The van der Waals surface area contributed by atoms with Crippen molar-refractivity contribution >= 4 is 13.7 Å². The van der Waals surface area contributed by atoms with Crippen LogP contribution < -0.4 is 10.2 Å². The highest BCUT2D eigenvalue weighted by Crippen LogP contribution is 2.38. The second-order valence-electron chi connectivity index (χ2n) is 22.4. The summed E-state index contributed by atoms with van der Waals surface area (Å²) in [7, 11) is 1.30. The molecular formula is C62H121N2O6P. The molecule has 0 aromatic carbocycles. The van der Waals surface area contributed by atoms with Crippen LogP contribution in [0.4, 0.5) is 0 Å². The molecule has 0 rings (SSSR count). The van der Waals surface area contributed by atoms with Gasteiger partial charge >= 0.3 is 0 Å². The Bertz CT molecular complexity index is 1250. The molecule has 3 unspecified atom stereocenters. The van der Waals surface area contributed by atoms with E-state index in [1.165, 1.54) is 212 Å². The van der Waals surface area contributed by atoms with Crippen LogP contribution in [0.5, 0.6) is 0 Å². The molecule has 0 aromatic heterocycles. The first-order chi connectivity index (χ1) is 34.5. The monoisotopic (exact) mass is 1020 g/mol. The fourth-order valence-electron chi connectivity index (χ4n) is 9.35. The van der Waals surface area contributed by atoms with Crippen molar-refractivity contribution in [1.82, 2.24) is 5.32 Å². The number of nitrogens with one attached hydrogen (secondary N) is 1. The normalized spacial score (nSPS) is 14.1. The number of rotatable bonds is 57. The maximum absolute atomic E-state index is 13.0. The van der Waals surface area contributed by atoms with E-state index in [0.717, 1.165) is 64.2 Å². The van der Waals surface area contributed by atoms with Crippen LogP contribution in [0.2, 0.25) is 0 Å². The summed E-state index contributed by atoms with van der Waals surface area (Å²) >= 11 is 0. The number of nitrogens with zero attached hydrogens (tertiary/aromatic N) is 1. The number of likely N-dealkylation sites (N-methyl/N-ethyl adjacent to an activating group) is 1. The highest BCUT2D eigenvalue weighted by Gasteiger charge is 2.24. The predicted molar refractivity (Wildman–Crippen MR) is 307 cm³/mol. The first-order valence-electron chi connectivity index (χ1n) is 30.8. The van der Waals surface area contributed by atoms with E-state index in [4.69, 9.17) is 9.05 Å². The maximum Gasteiger partial charge on any atom is 0.268 e. The van der Waals surface area contributed by atoms with Gasteiger partial charge in [0.05, 0.1) is 39.9 Å². The zero-order chi connectivity index (χ0) is 52.0. The van der Waals surface area contributed by atoms with Gasteiger partial charge in [-0.3, -0.25) is 9.36 Å². The highest BCUT2D eigenvalue weighted by molar-refractivity contribution is 7.45. The quantitative estimate of drug-likeness (QED) is 0.0272. The van der Waals surface area contributed by atoms with Gasteiger partial charge in [0.1, 0.15) is 13.2 Å². The summed E-state index contributed by atoms with van der Waals surface area (Å²) in [5.74, 6) is -0.172. The number of phosphoric ester groups is 1. The van der Waals surface area contributed by atoms with Gasteiger partial charge in [-0.25, -0.2) is 0 Å². The van der Waals surface area contributed by atoms with Gasteiger partial charge in [-0.15, -0.1) is 0 Å². The number of phosphoric acid groups is 1. The Morgan fingerprint density at radius 2 is 0.859 bits per heavy atom. The standard InChI is InChI=1S/C62H121N2O6P/c1-6-8-10-12-14-16-18-20-22-24-25-26-27-28-29-30-31-32-33-34-35-36-37-38-40-41-43-45-47-49-51-53-55-61(65)60(59-70-71(67,68)69-58-57-64(3,4)5)63-62(66)56-54-52-50-48-46-44-42-39-23-21-19-17-15-13-11-9-7-2/h9,11,15,17,21,23,60-61,65H,6-8,10,12-14,16,18-20,22,24-59H2,1-5H3,(H-,63,66,67,68)/b11-9-,17-15-,23-21-. The first kappa shape index (κ1) is 69.7. The smallest absolute Gasteiger partial charge is 0.268 e. The van der Waals surface area contributed by atoms with Gasteiger partial charge in [0, 0.05) is 6.42 Å². The predicted octanol–water partition coefficient (Wildman–Crippen LogP) is 18.3. The van der Waals surface area contributed by atoms with Crippen LogP contribution in [-0.2, 0) is 18.4 Å². The molecule has 0 saturated carbocycles. The molecule has 8 nitrogen and oxygen atoms in total. The Kier molecular flexibility index (Phi) is 52.6. The molecule has 0 saturated heterocycles. The molecule has 420 valence electrons. The molecule has 0 fully saturated rings. The van der Waals surface area contributed by atoms with Crippen LogP contribution >= 0.6 is 7.82 Å². The average molecular weight is 1020 g/mol. The van der Waals surface area contributed by atoms with Crippen molar-refractivity contribution in [2.24, 2.45) is 0 Å². The van der Waals surface area contributed by atoms with Crippen LogP contribution in [0.15, 0.2) is 36.5 Å². The van der Waals surface area contributed by atoms with Crippen LogP contribution in [0.3, 0.4) is 0 Å². The summed E-state index contributed by atoms with van der Waals surface area (Å²) < 4.78 is 23.4. The third kappa shape index (κ3) is 56.3. The van der Waals surface area contributed by atoms with Gasteiger partial charge in [0.2, 0.25) is 5.91 Å². The number of hydrogen-bond acceptors (Lipinski definition) is 6. The number of aliphatic hydroxyl groups excluding tert-OH is 1. The molecule has 0 aromatic rings. The number of carbonyl (C=O) groups excluding carboxylic acids is 1. The molecule has 0 aliphatic carbocycles. The number of carbonyl (C=O) groups is 1. The molecule has 71 heavy (non-hydrogen) atoms. The third-order valence-corrected chi connectivity index (χ3v) is 15.1. The molecule has 2 N–H and O–H groups in total. The summed E-state index contributed by atoms with van der Waals surface area (Å²) in [6.07, 6.45) is 69.2. The van der Waals surface area contributed by atoms with Gasteiger partial charge in [0.15, 0.2) is 0 Å². The van der Waals surface area contributed by atoms with E-state index >= 15 is 0 Å². The van der Waals surface area contributed by atoms with E-state index in [1.54, 1.807) is 0 Å². The van der Waals surface area contributed by atoms with E-state index in [1.807, 2.05) is 21.1 Å². The van der Waals surface area contributed by atoms with Crippen molar-refractivity contribution < 1.29 is 32.9 Å². The number of quaternary nitrogens is 1. The van der Waals surface area contributed by atoms with Crippen molar-refractivity contribution in [2.45, 2.75) is 315 Å². The summed E-state index contributed by atoms with van der Waals surface area (Å²) in [6.45, 7) is 4.64. The Balaban J connectivity index is 4.02. The van der Waals surface area contributed by atoms with Crippen LogP contribution in [-0.4, -0.2) is 68.5 Å². The topological polar surface area (TPSA) is 108 Å². The molecule has 3 atom stereocenters. The fraction of sp³-hybridized carbons (Fsp3) is 0.887. The molecule has 1 amide bonds. The average Bonchev–Trinajstić information content (AvgIpc) is 3.33. The van der Waals surface area contributed by atoms with E-state index < -0.39 is 20.0 Å². The molecular weight excluding hydrogens is 900 g/mol. The van der Waals surface area contributed by atoms with Gasteiger partial charge in [-0.05, 0) is 44.9 Å². The van der Waals surface area contributed by atoms with Crippen LogP contribution in [0.1, 0.15) is 303 Å². The lowest BCUT2D eigenvalue weighted by molar-refractivity contribution is -0.870. The van der Waals surface area contributed by atoms with Crippen molar-refractivity contribution in [1.29, 1.82) is 0 Å². The van der Waals surface area contributed by atoms with Crippen molar-refractivity contribution in [3.63, 3.8) is 0 Å². The molecule has 0 bridgehead atoms. The summed E-state index contributed by atoms with van der Waals surface area (Å²) in [5, 5.41) is 14.0. The van der Waals surface area contributed by atoms with E-state index in [9.17, 15) is 19.4 Å². The lowest BCUT2D eigenvalue weighted by Crippen LogP contribution is -2.46. The van der Waals surface area contributed by atoms with Gasteiger partial charge in [-0.2, -0.15) is 0 Å². The highest BCUT2D eigenvalue weighted by atomic mass is 31.2. The number of aliphatic hydroxyl groups is 1. The minimum atomic E-state index is -4.58. The number of hydrogen-bond donors (Lipinski definition) is 2. The minimum absolute atomic E-state index is 0.00997. The van der Waals surface area contributed by atoms with Gasteiger partial charge in [-0.1, -0.05) is 288 Å². The first-order valence-corrected chi connectivity index (χ1v) is 32.3. The molecule has 0 aliphatic heterocycles. The van der Waals surface area contributed by atoms with Crippen LogP contribution in [0.25, 0.3) is 0 Å². The molecule has 0 spiro atoms. The van der Waals surface area contributed by atoms with Gasteiger partial charge in [0.25, 0.3) is 7.82 Å². The Morgan fingerprint density at radius 1 is 0.507 bits per heavy atom. The summed E-state index contributed by atoms with van der Waals surface area (Å²) in [5.41, 5.74) is 0. The second-order valence-corrected chi connectivity index (χ2v) is 23.8. The number of amides is 1. The number of unbranched alkanes of at least 4 members (excludes halogenated alkanes) is 38. The molecule has 0 heterocycles. The Labute approximate surface area is 442 Å². The van der Waals surface area contributed by atoms with E-state index in [-0.39, 0.29) is 19.1 Å². The lowest BCUT2D eigenvalue weighted by atomic mass is 10.0. The zero-order valence-electron chi connectivity index (χ0n) is 47.9. The van der Waals surface area contributed by atoms with Crippen molar-refractivity contribution in [2.75, 3.05) is 40.9 Å². The Morgan fingerprint density at radius 3 is 1.25 bits per heavy atom. The van der Waals surface area contributed by atoms with Crippen molar-refractivity contribution in [3.05, 3.63) is 36.5 Å². The third-order valence-electron chi connectivity index (χ3n) is 14.1.